The van der Waals surface area contributed by atoms with Crippen LogP contribution in [-0.4, -0.2) is 22.5 Å². The van der Waals surface area contributed by atoms with Crippen molar-refractivity contribution in [1.82, 2.24) is 4.57 Å². The normalized spacial score (nSPS) is 17.8. The van der Waals surface area contributed by atoms with Crippen molar-refractivity contribution in [1.29, 1.82) is 0 Å². The summed E-state index contributed by atoms with van der Waals surface area (Å²) in [4.78, 5) is 7.94. The standard InChI is InChI=1S/C48H34N4/c1-3-14-32(15-4-1)47-48(50-41-21-11-10-20-40(41)49-47)52-42-22-12-9-19-37(42)38-29-33(24-26-43(38)52)34-25-27-44-39(30-34)46-36-18-8-7-13-31(36)23-28-45(46)51(44)35-16-5-2-6-17-35/h1-25,27-30,43,48,50H,26H2/p+1. The van der Waals surface area contributed by atoms with E-state index >= 15 is 0 Å². The smallest absolute Gasteiger partial charge is 0.211 e. The van der Waals surface area contributed by atoms with E-state index in [1.54, 1.807) is 0 Å². The van der Waals surface area contributed by atoms with E-state index < -0.39 is 0 Å². The average Bonchev–Trinajstić information content (AvgIpc) is 3.73. The second-order valence-electron chi connectivity index (χ2n) is 14.1. The SMILES string of the molecule is C1=C(c2ccc3c(c2)c2c4ccccc4ccc2n3-c2ccccc2)C=C2c3ccccc3N(C3[NH2+]c4ccccc4N=C3c3ccccc3)C2C1. The number of nitrogens with two attached hydrogens (primary N) is 1. The lowest BCUT2D eigenvalue weighted by atomic mass is 9.88. The second kappa shape index (κ2) is 11.5. The summed E-state index contributed by atoms with van der Waals surface area (Å²) in [6.45, 7) is 0. The summed E-state index contributed by atoms with van der Waals surface area (Å²) >= 11 is 0. The highest BCUT2D eigenvalue weighted by atomic mass is 15.3. The summed E-state index contributed by atoms with van der Waals surface area (Å²) in [5.74, 6) is 0. The molecule has 2 unspecified atom stereocenters. The Labute approximate surface area is 302 Å². The molecule has 2 atom stereocenters. The molecular weight excluding hydrogens is 633 g/mol. The van der Waals surface area contributed by atoms with Crippen LogP contribution in [0.25, 0.3) is 49.4 Å². The van der Waals surface area contributed by atoms with Crippen LogP contribution in [0.4, 0.5) is 17.1 Å². The van der Waals surface area contributed by atoms with Crippen LogP contribution in [0.2, 0.25) is 0 Å². The maximum absolute atomic E-state index is 5.32. The third kappa shape index (κ3) is 4.41. The van der Waals surface area contributed by atoms with E-state index in [0.29, 0.717) is 0 Å². The number of rotatable bonds is 4. The van der Waals surface area contributed by atoms with Gasteiger partial charge in [0.2, 0.25) is 6.17 Å². The van der Waals surface area contributed by atoms with Crippen LogP contribution in [0.1, 0.15) is 23.1 Å². The molecule has 7 aromatic carbocycles. The van der Waals surface area contributed by atoms with Gasteiger partial charge >= 0.3 is 0 Å². The molecule has 0 saturated heterocycles. The minimum atomic E-state index is -0.00181. The number of hydrogen-bond donors (Lipinski definition) is 1. The molecule has 8 aromatic rings. The number of fused-ring (bicyclic) bond motifs is 9. The van der Waals surface area contributed by atoms with Crippen molar-refractivity contribution in [2.45, 2.75) is 18.6 Å². The van der Waals surface area contributed by atoms with E-state index in [4.69, 9.17) is 4.99 Å². The summed E-state index contributed by atoms with van der Waals surface area (Å²) in [6, 6.07) is 59.5. The van der Waals surface area contributed by atoms with Crippen LogP contribution in [0.5, 0.6) is 0 Å². The lowest BCUT2D eigenvalue weighted by Crippen LogP contribution is -2.92. The van der Waals surface area contributed by atoms with Crippen molar-refractivity contribution in [2.24, 2.45) is 4.99 Å². The number of quaternary nitrogens is 1. The molecular formula is C48H35N4+. The Kier molecular flexibility index (Phi) is 6.48. The van der Waals surface area contributed by atoms with Gasteiger partial charge in [0, 0.05) is 33.7 Å². The number of aliphatic imine (C=N–C) groups is 1. The monoisotopic (exact) mass is 667 g/mol. The van der Waals surface area contributed by atoms with Gasteiger partial charge in [0.05, 0.1) is 22.8 Å². The van der Waals surface area contributed by atoms with Crippen molar-refractivity contribution in [3.05, 3.63) is 193 Å². The van der Waals surface area contributed by atoms with Crippen LogP contribution in [-0.2, 0) is 0 Å². The largest absolute Gasteiger partial charge is 0.309 e. The van der Waals surface area contributed by atoms with Crippen molar-refractivity contribution in [2.75, 3.05) is 4.90 Å². The second-order valence-corrected chi connectivity index (χ2v) is 14.1. The first-order chi connectivity index (χ1) is 25.8. The van der Waals surface area contributed by atoms with Gasteiger partial charge in [-0.25, -0.2) is 4.99 Å². The maximum Gasteiger partial charge on any atom is 0.211 e. The van der Waals surface area contributed by atoms with Crippen molar-refractivity contribution < 1.29 is 5.32 Å². The molecule has 1 aliphatic carbocycles. The van der Waals surface area contributed by atoms with Crippen LogP contribution in [0.15, 0.2) is 181 Å². The minimum absolute atomic E-state index is 0.00181. The van der Waals surface area contributed by atoms with E-state index in [1.165, 1.54) is 71.9 Å². The molecule has 4 heteroatoms. The zero-order chi connectivity index (χ0) is 34.2. The van der Waals surface area contributed by atoms with Gasteiger partial charge in [-0.15, -0.1) is 0 Å². The highest BCUT2D eigenvalue weighted by molar-refractivity contribution is 6.22. The molecule has 52 heavy (non-hydrogen) atoms. The summed E-state index contributed by atoms with van der Waals surface area (Å²) in [6.07, 6.45) is 5.83. The Bertz CT molecular complexity index is 2810. The summed E-state index contributed by atoms with van der Waals surface area (Å²) in [5, 5.41) is 7.55. The topological polar surface area (TPSA) is 37.1 Å². The van der Waals surface area contributed by atoms with E-state index in [-0.39, 0.29) is 12.2 Å². The Morgan fingerprint density at radius 1 is 0.615 bits per heavy atom. The lowest BCUT2D eigenvalue weighted by molar-refractivity contribution is -0.593. The molecule has 246 valence electrons. The molecule has 1 aromatic heterocycles. The van der Waals surface area contributed by atoms with Gasteiger partial charge in [-0.2, -0.15) is 0 Å². The predicted molar refractivity (Wildman–Crippen MR) is 216 cm³/mol. The highest BCUT2D eigenvalue weighted by Crippen LogP contribution is 2.47. The molecule has 0 bridgehead atoms. The first kappa shape index (κ1) is 29.3. The third-order valence-corrected chi connectivity index (χ3v) is 11.2. The maximum atomic E-state index is 5.32. The van der Waals surface area contributed by atoms with Crippen LogP contribution in [0, 0.1) is 0 Å². The van der Waals surface area contributed by atoms with Crippen LogP contribution < -0.4 is 10.2 Å². The molecule has 2 N–H and O–H groups in total. The van der Waals surface area contributed by atoms with E-state index in [1.807, 2.05) is 0 Å². The zero-order valence-corrected chi connectivity index (χ0v) is 28.5. The van der Waals surface area contributed by atoms with Gasteiger partial charge in [0.25, 0.3) is 0 Å². The van der Waals surface area contributed by atoms with Crippen LogP contribution in [0.3, 0.4) is 0 Å². The van der Waals surface area contributed by atoms with Gasteiger partial charge < -0.3 is 9.47 Å². The zero-order valence-electron chi connectivity index (χ0n) is 28.5. The fourth-order valence-corrected chi connectivity index (χ4v) is 8.92. The van der Waals surface area contributed by atoms with E-state index in [0.717, 1.165) is 23.4 Å². The van der Waals surface area contributed by atoms with Crippen LogP contribution >= 0.6 is 0 Å². The molecule has 0 amide bonds. The third-order valence-electron chi connectivity index (χ3n) is 11.2. The minimum Gasteiger partial charge on any atom is -0.309 e. The fraction of sp³-hybridized carbons (Fsp3) is 0.0625. The molecule has 2 aliphatic heterocycles. The molecule has 0 radical (unpaired) electrons. The van der Waals surface area contributed by atoms with Gasteiger partial charge in [-0.3, -0.25) is 5.32 Å². The van der Waals surface area contributed by atoms with E-state index in [9.17, 15) is 0 Å². The number of nitrogens with zero attached hydrogens (tertiary/aromatic N) is 3. The molecule has 11 rings (SSSR count). The summed E-state index contributed by atoms with van der Waals surface area (Å²) < 4.78 is 2.42. The Morgan fingerprint density at radius 3 is 2.27 bits per heavy atom. The number of para-hydroxylation sites is 4. The number of allylic oxidation sites excluding steroid dienone is 2. The number of hydrogen-bond acceptors (Lipinski definition) is 2. The molecule has 0 saturated carbocycles. The van der Waals surface area contributed by atoms with Crippen molar-refractivity contribution in [3.8, 4) is 5.69 Å². The number of anilines is 1. The van der Waals surface area contributed by atoms with Crippen molar-refractivity contribution in [3.63, 3.8) is 0 Å². The lowest BCUT2D eigenvalue weighted by Gasteiger charge is -2.36. The Hall–Kier alpha value is -6.49. The Morgan fingerprint density at radius 2 is 1.37 bits per heavy atom. The summed E-state index contributed by atoms with van der Waals surface area (Å²) in [5.41, 5.74) is 14.6. The van der Waals surface area contributed by atoms with Gasteiger partial charge in [-0.1, -0.05) is 121 Å². The summed E-state index contributed by atoms with van der Waals surface area (Å²) in [7, 11) is 0. The van der Waals surface area contributed by atoms with Gasteiger partial charge in [0.15, 0.2) is 5.69 Å². The first-order valence-corrected chi connectivity index (χ1v) is 18.2. The van der Waals surface area contributed by atoms with E-state index in [2.05, 4.69) is 191 Å². The number of benzene rings is 7. The quantitative estimate of drug-likeness (QED) is 0.186. The average molecular weight is 668 g/mol. The molecule has 3 heterocycles. The molecule has 4 nitrogen and oxygen atoms in total. The number of aromatic nitrogens is 1. The predicted octanol–water partition coefficient (Wildman–Crippen LogP) is 10.4. The Balaban J connectivity index is 1.05. The van der Waals surface area contributed by atoms with Gasteiger partial charge in [0.1, 0.15) is 11.4 Å². The first-order valence-electron chi connectivity index (χ1n) is 18.2. The molecule has 0 spiro atoms. The molecule has 3 aliphatic rings. The molecule has 0 fully saturated rings. The highest BCUT2D eigenvalue weighted by Gasteiger charge is 2.44. The van der Waals surface area contributed by atoms with Crippen molar-refractivity contribution >= 4 is 66.5 Å². The van der Waals surface area contributed by atoms with Gasteiger partial charge in [-0.05, 0) is 82.4 Å². The fourth-order valence-electron chi connectivity index (χ4n) is 8.92.